The highest BCUT2D eigenvalue weighted by Crippen LogP contribution is 2.29. The van der Waals surface area contributed by atoms with Gasteiger partial charge in [0.1, 0.15) is 10.7 Å². The Morgan fingerprint density at radius 1 is 1.02 bits per heavy atom. The maximum atomic E-state index is 13.2. The van der Waals surface area contributed by atoms with Crippen molar-refractivity contribution in [3.63, 3.8) is 0 Å². The first kappa shape index (κ1) is 32.9. The molecule has 1 aromatic heterocycles. The standard InChI is InChI=1S/C30H43N3O6S/c1-7-19(4)13-27(35)32-24(18(2)3)16-26(39-21(6)34)29-33-25(17-40-29)28(36)31-23(14-20(5)30(37)38)15-22-11-9-8-10-12-22/h8-12,17-20,23-24,26H,7,13-16H2,1-6H3,(H,31,36)(H,32,35)(H,37,38)/t19-,20-,23+,24?,26?/m0/s1. The summed E-state index contributed by atoms with van der Waals surface area (Å²) in [7, 11) is 0. The van der Waals surface area contributed by atoms with Crippen molar-refractivity contribution in [3.05, 3.63) is 52.0 Å². The average Bonchev–Trinajstić information content (AvgIpc) is 3.38. The number of esters is 1. The summed E-state index contributed by atoms with van der Waals surface area (Å²) in [6.07, 6.45) is 1.66. The molecular formula is C30H43N3O6S. The van der Waals surface area contributed by atoms with Crippen LogP contribution in [-0.2, 0) is 25.5 Å². The first-order valence-corrected chi connectivity index (χ1v) is 14.8. The van der Waals surface area contributed by atoms with E-state index in [9.17, 15) is 24.3 Å². The number of ether oxygens (including phenoxy) is 1. The Morgan fingerprint density at radius 2 is 1.70 bits per heavy atom. The minimum Gasteiger partial charge on any atom is -0.481 e. The molecule has 0 aliphatic carbocycles. The average molecular weight is 574 g/mol. The van der Waals surface area contributed by atoms with Crippen molar-refractivity contribution in [3.8, 4) is 0 Å². The predicted molar refractivity (Wildman–Crippen MR) is 155 cm³/mol. The van der Waals surface area contributed by atoms with Gasteiger partial charge in [0.2, 0.25) is 5.91 Å². The van der Waals surface area contributed by atoms with Crippen molar-refractivity contribution in [2.75, 3.05) is 0 Å². The second-order valence-corrected chi connectivity index (χ2v) is 11.8. The van der Waals surface area contributed by atoms with E-state index < -0.39 is 35.9 Å². The summed E-state index contributed by atoms with van der Waals surface area (Å²) in [6.45, 7) is 11.0. The Morgan fingerprint density at radius 3 is 2.27 bits per heavy atom. The molecule has 5 atom stereocenters. The van der Waals surface area contributed by atoms with E-state index in [1.807, 2.05) is 58.0 Å². The predicted octanol–water partition coefficient (Wildman–Crippen LogP) is 5.17. The number of nitrogens with zero attached hydrogens (tertiary/aromatic N) is 1. The van der Waals surface area contributed by atoms with Gasteiger partial charge in [0.25, 0.3) is 5.91 Å². The monoisotopic (exact) mass is 573 g/mol. The molecule has 1 aromatic carbocycles. The van der Waals surface area contributed by atoms with Crippen molar-refractivity contribution >= 4 is 35.1 Å². The zero-order valence-corrected chi connectivity index (χ0v) is 25.1. The molecule has 3 N–H and O–H groups in total. The van der Waals surface area contributed by atoms with Gasteiger partial charge < -0.3 is 20.5 Å². The van der Waals surface area contributed by atoms with Crippen LogP contribution in [0.2, 0.25) is 0 Å². The van der Waals surface area contributed by atoms with Crippen molar-refractivity contribution in [2.24, 2.45) is 17.8 Å². The van der Waals surface area contributed by atoms with Crippen LogP contribution in [0.1, 0.15) is 94.4 Å². The number of thiazole rings is 1. The van der Waals surface area contributed by atoms with E-state index in [4.69, 9.17) is 4.74 Å². The second kappa shape index (κ2) is 16.1. The van der Waals surface area contributed by atoms with E-state index in [0.29, 0.717) is 24.3 Å². The molecule has 0 aliphatic rings. The van der Waals surface area contributed by atoms with E-state index in [2.05, 4.69) is 15.6 Å². The Balaban J connectivity index is 2.19. The lowest BCUT2D eigenvalue weighted by Gasteiger charge is -2.26. The van der Waals surface area contributed by atoms with Crippen molar-refractivity contribution < 1.29 is 29.0 Å². The summed E-state index contributed by atoms with van der Waals surface area (Å²) in [6, 6.07) is 8.89. The van der Waals surface area contributed by atoms with E-state index in [-0.39, 0.29) is 35.9 Å². The summed E-state index contributed by atoms with van der Waals surface area (Å²) in [5, 5.41) is 17.5. The molecule has 2 unspecified atom stereocenters. The van der Waals surface area contributed by atoms with Gasteiger partial charge >= 0.3 is 11.9 Å². The molecule has 0 bridgehead atoms. The number of carbonyl (C=O) groups excluding carboxylic acids is 3. The van der Waals surface area contributed by atoms with Crippen LogP contribution in [0.25, 0.3) is 0 Å². The highest BCUT2D eigenvalue weighted by molar-refractivity contribution is 7.09. The summed E-state index contributed by atoms with van der Waals surface area (Å²) in [4.78, 5) is 53.7. The zero-order chi connectivity index (χ0) is 29.8. The number of hydrogen-bond donors (Lipinski definition) is 3. The molecule has 220 valence electrons. The highest BCUT2D eigenvalue weighted by atomic mass is 32.1. The molecule has 0 saturated heterocycles. The van der Waals surface area contributed by atoms with Crippen LogP contribution in [0.15, 0.2) is 35.7 Å². The maximum absolute atomic E-state index is 13.2. The van der Waals surface area contributed by atoms with Gasteiger partial charge in [0.15, 0.2) is 6.10 Å². The molecule has 2 amide bonds. The van der Waals surface area contributed by atoms with Crippen LogP contribution in [0.4, 0.5) is 0 Å². The van der Waals surface area contributed by atoms with Gasteiger partial charge in [-0.05, 0) is 30.2 Å². The lowest BCUT2D eigenvalue weighted by Crippen LogP contribution is -2.40. The molecule has 2 aromatic rings. The largest absolute Gasteiger partial charge is 0.481 e. The summed E-state index contributed by atoms with van der Waals surface area (Å²) >= 11 is 1.21. The molecule has 0 fully saturated rings. The second-order valence-electron chi connectivity index (χ2n) is 10.9. The number of carboxylic acid groups (broad SMARTS) is 1. The van der Waals surface area contributed by atoms with E-state index in [0.717, 1.165) is 12.0 Å². The van der Waals surface area contributed by atoms with Crippen LogP contribution in [-0.4, -0.2) is 45.9 Å². The quantitative estimate of drug-likeness (QED) is 0.236. The SMILES string of the molecule is CC[C@H](C)CC(=O)NC(CC(OC(C)=O)c1nc(C(=O)N[C@@H](Cc2ccccc2)C[C@H](C)C(=O)O)cs1)C(C)C. The fourth-order valence-electron chi connectivity index (χ4n) is 4.27. The minimum atomic E-state index is -0.927. The highest BCUT2D eigenvalue weighted by Gasteiger charge is 2.28. The van der Waals surface area contributed by atoms with Crippen LogP contribution in [0.5, 0.6) is 0 Å². The third kappa shape index (κ3) is 11.1. The molecule has 40 heavy (non-hydrogen) atoms. The third-order valence-corrected chi connectivity index (χ3v) is 7.84. The van der Waals surface area contributed by atoms with E-state index >= 15 is 0 Å². The van der Waals surface area contributed by atoms with Gasteiger partial charge in [-0.15, -0.1) is 11.3 Å². The smallest absolute Gasteiger partial charge is 0.306 e. The van der Waals surface area contributed by atoms with Crippen molar-refractivity contribution in [1.29, 1.82) is 0 Å². The van der Waals surface area contributed by atoms with Crippen LogP contribution >= 0.6 is 11.3 Å². The Kier molecular flexibility index (Phi) is 13.3. The fraction of sp³-hybridized carbons (Fsp3) is 0.567. The molecule has 0 aliphatic heterocycles. The Hall–Kier alpha value is -3.27. The number of aliphatic carboxylic acids is 1. The molecule has 0 radical (unpaired) electrons. The molecule has 2 rings (SSSR count). The normalized spacial score (nSPS) is 15.0. The minimum absolute atomic E-state index is 0.0473. The van der Waals surface area contributed by atoms with Crippen molar-refractivity contribution in [2.45, 2.75) is 91.8 Å². The molecule has 0 spiro atoms. The Labute approximate surface area is 241 Å². The third-order valence-electron chi connectivity index (χ3n) is 6.91. The van der Waals surface area contributed by atoms with Gasteiger partial charge in [0, 0.05) is 37.2 Å². The van der Waals surface area contributed by atoms with Gasteiger partial charge in [-0.2, -0.15) is 0 Å². The molecular weight excluding hydrogens is 530 g/mol. The van der Waals surface area contributed by atoms with Crippen molar-refractivity contribution in [1.82, 2.24) is 15.6 Å². The summed E-state index contributed by atoms with van der Waals surface area (Å²) < 4.78 is 5.59. The van der Waals surface area contributed by atoms with E-state index in [1.165, 1.54) is 18.3 Å². The number of rotatable bonds is 16. The first-order valence-electron chi connectivity index (χ1n) is 13.9. The summed E-state index contributed by atoms with van der Waals surface area (Å²) in [5.74, 6) is -2.18. The number of carbonyl (C=O) groups is 4. The molecule has 0 saturated carbocycles. The van der Waals surface area contributed by atoms with Crippen LogP contribution < -0.4 is 10.6 Å². The zero-order valence-electron chi connectivity index (χ0n) is 24.3. The van der Waals surface area contributed by atoms with Gasteiger partial charge in [-0.3, -0.25) is 19.2 Å². The number of benzene rings is 1. The van der Waals surface area contributed by atoms with Crippen LogP contribution in [0, 0.1) is 17.8 Å². The lowest BCUT2D eigenvalue weighted by molar-refractivity contribution is -0.147. The van der Waals surface area contributed by atoms with Gasteiger partial charge in [-0.1, -0.05) is 71.4 Å². The number of amides is 2. The summed E-state index contributed by atoms with van der Waals surface area (Å²) in [5.41, 5.74) is 1.15. The molecule has 1 heterocycles. The van der Waals surface area contributed by atoms with Crippen LogP contribution in [0.3, 0.4) is 0 Å². The van der Waals surface area contributed by atoms with Gasteiger partial charge in [-0.25, -0.2) is 4.98 Å². The number of carboxylic acids is 1. The molecule has 9 nitrogen and oxygen atoms in total. The number of hydrogen-bond acceptors (Lipinski definition) is 7. The molecule has 10 heteroatoms. The number of aromatic nitrogens is 1. The fourth-order valence-corrected chi connectivity index (χ4v) is 5.11. The number of nitrogens with one attached hydrogen (secondary N) is 2. The Bertz CT molecular complexity index is 1120. The van der Waals surface area contributed by atoms with E-state index in [1.54, 1.807) is 12.3 Å². The van der Waals surface area contributed by atoms with Gasteiger partial charge in [0.05, 0.1) is 5.92 Å². The lowest BCUT2D eigenvalue weighted by atomic mass is 9.96. The first-order chi connectivity index (χ1) is 18.9. The maximum Gasteiger partial charge on any atom is 0.306 e. The topological polar surface area (TPSA) is 135 Å².